The number of amides is 1. The molecule has 0 unspecified atom stereocenters. The van der Waals surface area contributed by atoms with Gasteiger partial charge < -0.3 is 24.1 Å². The molecule has 4 heterocycles. The number of aromatic nitrogens is 4. The number of aromatic amines is 1. The Bertz CT molecular complexity index is 1400. The number of carbonyl (C=O) groups excluding carboxylic acids is 1. The standard InChI is InChI=1S/C27H33FN6O5/c1-27(2,3)34(16-18-15-23-25(32-31-18)38-13-12-37-23)26(36)39-19-6-9-33(10-7-19)11-8-21-24(35)30-22-14-17(28)4-5-20(22)29-21/h4-5,14-15,19H,6-13,16H2,1-3H3,(H,30,35). The first-order chi connectivity index (χ1) is 18.7. The second-order valence-electron chi connectivity index (χ2n) is 10.8. The van der Waals surface area contributed by atoms with Crippen molar-refractivity contribution in [3.8, 4) is 11.6 Å². The number of hydrogen-bond acceptors (Lipinski definition) is 9. The van der Waals surface area contributed by atoms with Gasteiger partial charge in [-0.05, 0) is 51.8 Å². The Kier molecular flexibility index (Phi) is 7.65. The first-order valence-corrected chi connectivity index (χ1v) is 13.2. The number of nitrogens with zero attached hydrogens (tertiary/aromatic N) is 5. The van der Waals surface area contributed by atoms with E-state index in [1.165, 1.54) is 12.1 Å². The molecule has 3 aromatic rings. The number of nitrogens with one attached hydrogen (secondary N) is 1. The van der Waals surface area contributed by atoms with Crippen LogP contribution in [0, 0.1) is 5.82 Å². The largest absolute Gasteiger partial charge is 0.484 e. The number of H-pyrrole nitrogens is 1. The van der Waals surface area contributed by atoms with Crippen molar-refractivity contribution >= 4 is 17.1 Å². The first-order valence-electron chi connectivity index (χ1n) is 13.2. The van der Waals surface area contributed by atoms with Crippen LogP contribution >= 0.6 is 0 Å². The fourth-order valence-corrected chi connectivity index (χ4v) is 4.70. The molecule has 0 spiro atoms. The molecule has 0 bridgehead atoms. The molecule has 0 aliphatic carbocycles. The molecule has 39 heavy (non-hydrogen) atoms. The van der Waals surface area contributed by atoms with Gasteiger partial charge in [0.1, 0.15) is 30.8 Å². The monoisotopic (exact) mass is 540 g/mol. The summed E-state index contributed by atoms with van der Waals surface area (Å²) in [5.41, 5.74) is 1.15. The maximum absolute atomic E-state index is 13.4. The number of fused-ring (bicyclic) bond motifs is 2. The lowest BCUT2D eigenvalue weighted by Gasteiger charge is -2.37. The normalized spacial score (nSPS) is 16.3. The van der Waals surface area contributed by atoms with E-state index < -0.39 is 17.4 Å². The van der Waals surface area contributed by atoms with Crippen molar-refractivity contribution in [1.29, 1.82) is 0 Å². The average Bonchev–Trinajstić information content (AvgIpc) is 2.90. The first kappa shape index (κ1) is 26.8. The average molecular weight is 541 g/mol. The summed E-state index contributed by atoms with van der Waals surface area (Å²) >= 11 is 0. The van der Waals surface area contributed by atoms with Crippen LogP contribution in [0.2, 0.25) is 0 Å². The Labute approximate surface area is 225 Å². The fourth-order valence-electron chi connectivity index (χ4n) is 4.70. The Hall–Kier alpha value is -3.80. The summed E-state index contributed by atoms with van der Waals surface area (Å²) in [5, 5.41) is 8.28. The third-order valence-electron chi connectivity index (χ3n) is 6.90. The minimum absolute atomic E-state index is 0.206. The summed E-state index contributed by atoms with van der Waals surface area (Å²) in [4.78, 5) is 36.6. The van der Waals surface area contributed by atoms with E-state index in [1.807, 2.05) is 20.8 Å². The molecule has 0 saturated carbocycles. The minimum atomic E-state index is -0.502. The van der Waals surface area contributed by atoms with E-state index in [0.29, 0.717) is 73.1 Å². The van der Waals surface area contributed by atoms with Gasteiger partial charge in [0.2, 0.25) is 0 Å². The zero-order valence-corrected chi connectivity index (χ0v) is 22.4. The molecule has 208 valence electrons. The second-order valence-corrected chi connectivity index (χ2v) is 10.8. The number of likely N-dealkylation sites (tertiary alicyclic amines) is 1. The molecule has 12 heteroatoms. The van der Waals surface area contributed by atoms with Crippen LogP contribution in [0.25, 0.3) is 11.0 Å². The van der Waals surface area contributed by atoms with Crippen LogP contribution in [0.3, 0.4) is 0 Å². The zero-order valence-electron chi connectivity index (χ0n) is 22.4. The summed E-state index contributed by atoms with van der Waals surface area (Å²) < 4.78 is 30.4. The Morgan fingerprint density at radius 1 is 1.18 bits per heavy atom. The number of piperidine rings is 1. The zero-order chi connectivity index (χ0) is 27.6. The lowest BCUT2D eigenvalue weighted by atomic mass is 10.1. The molecule has 1 N–H and O–H groups in total. The summed E-state index contributed by atoms with van der Waals surface area (Å²) in [5.74, 6) is 0.465. The molecule has 2 aliphatic rings. The maximum atomic E-state index is 13.4. The lowest BCUT2D eigenvalue weighted by molar-refractivity contribution is 0.00909. The minimum Gasteiger partial charge on any atom is -0.484 e. The van der Waals surface area contributed by atoms with Crippen LogP contribution in [0.4, 0.5) is 9.18 Å². The van der Waals surface area contributed by atoms with Gasteiger partial charge in [-0.15, -0.1) is 10.2 Å². The van der Waals surface area contributed by atoms with Crippen molar-refractivity contribution in [2.75, 3.05) is 32.8 Å². The predicted molar refractivity (Wildman–Crippen MR) is 140 cm³/mol. The molecule has 1 aromatic carbocycles. The highest BCUT2D eigenvalue weighted by Gasteiger charge is 2.32. The van der Waals surface area contributed by atoms with Gasteiger partial charge in [0.05, 0.1) is 23.3 Å². The van der Waals surface area contributed by atoms with Crippen molar-refractivity contribution in [3.05, 3.63) is 51.8 Å². The Balaban J connectivity index is 1.14. The lowest BCUT2D eigenvalue weighted by Crippen LogP contribution is -2.48. The van der Waals surface area contributed by atoms with E-state index in [4.69, 9.17) is 14.2 Å². The molecular formula is C27H33FN6O5. The number of halogens is 1. The van der Waals surface area contributed by atoms with Crippen molar-refractivity contribution in [2.24, 2.45) is 0 Å². The summed E-state index contributed by atoms with van der Waals surface area (Å²) in [7, 11) is 0. The molecule has 1 saturated heterocycles. The molecule has 0 atom stereocenters. The van der Waals surface area contributed by atoms with Crippen LogP contribution < -0.4 is 15.0 Å². The van der Waals surface area contributed by atoms with Crippen molar-refractivity contribution in [1.82, 2.24) is 30.0 Å². The van der Waals surface area contributed by atoms with E-state index in [-0.39, 0.29) is 18.2 Å². The number of carbonyl (C=O) groups is 1. The molecule has 11 nitrogen and oxygen atoms in total. The van der Waals surface area contributed by atoms with E-state index in [0.717, 1.165) is 13.1 Å². The quantitative estimate of drug-likeness (QED) is 0.503. The summed E-state index contributed by atoms with van der Waals surface area (Å²) in [6.07, 6.45) is 1.24. The third-order valence-corrected chi connectivity index (χ3v) is 6.90. The highest BCUT2D eigenvalue weighted by molar-refractivity contribution is 5.73. The van der Waals surface area contributed by atoms with E-state index in [9.17, 15) is 14.0 Å². The molecule has 5 rings (SSSR count). The Morgan fingerprint density at radius 3 is 2.72 bits per heavy atom. The predicted octanol–water partition coefficient (Wildman–Crippen LogP) is 3.07. The van der Waals surface area contributed by atoms with Crippen molar-refractivity contribution < 1.29 is 23.4 Å². The SMILES string of the molecule is CC(C)(C)N(Cc1cc2c(nn1)OCCO2)C(=O)OC1CCN(CCc2nc3ccc(F)cc3[nH]c2=O)CC1. The molecule has 1 amide bonds. The summed E-state index contributed by atoms with van der Waals surface area (Å²) in [6, 6.07) is 5.91. The van der Waals surface area contributed by atoms with E-state index >= 15 is 0 Å². The van der Waals surface area contributed by atoms with Crippen LogP contribution in [-0.4, -0.2) is 80.5 Å². The van der Waals surface area contributed by atoms with Crippen LogP contribution in [0.5, 0.6) is 11.6 Å². The van der Waals surface area contributed by atoms with Crippen molar-refractivity contribution in [2.45, 2.75) is 58.2 Å². The van der Waals surface area contributed by atoms with Crippen LogP contribution in [-0.2, 0) is 17.7 Å². The second kappa shape index (κ2) is 11.1. The van der Waals surface area contributed by atoms with E-state index in [1.54, 1.807) is 17.0 Å². The molecule has 0 radical (unpaired) electrons. The van der Waals surface area contributed by atoms with Gasteiger partial charge in [0.25, 0.3) is 11.4 Å². The van der Waals surface area contributed by atoms with E-state index in [2.05, 4.69) is 25.1 Å². The van der Waals surface area contributed by atoms with Gasteiger partial charge in [-0.25, -0.2) is 14.2 Å². The molecule has 2 aromatic heterocycles. The number of hydrogen-bond donors (Lipinski definition) is 1. The highest BCUT2D eigenvalue weighted by Crippen LogP contribution is 2.28. The smallest absolute Gasteiger partial charge is 0.410 e. The third kappa shape index (κ3) is 6.44. The summed E-state index contributed by atoms with van der Waals surface area (Å²) in [6.45, 7) is 9.06. The maximum Gasteiger partial charge on any atom is 0.410 e. The number of benzene rings is 1. The van der Waals surface area contributed by atoms with Gasteiger partial charge in [-0.3, -0.25) is 9.69 Å². The van der Waals surface area contributed by atoms with Gasteiger partial charge in [-0.1, -0.05) is 0 Å². The highest BCUT2D eigenvalue weighted by atomic mass is 19.1. The van der Waals surface area contributed by atoms with Gasteiger partial charge >= 0.3 is 6.09 Å². The van der Waals surface area contributed by atoms with Gasteiger partial charge in [0, 0.05) is 37.7 Å². The van der Waals surface area contributed by atoms with Crippen LogP contribution in [0.1, 0.15) is 45.0 Å². The van der Waals surface area contributed by atoms with Gasteiger partial charge in [-0.2, -0.15) is 0 Å². The fraction of sp³-hybridized carbons (Fsp3) is 0.519. The number of rotatable bonds is 6. The number of ether oxygens (including phenoxy) is 3. The topological polar surface area (TPSA) is 123 Å². The molecule has 1 fully saturated rings. The van der Waals surface area contributed by atoms with Gasteiger partial charge in [0.15, 0.2) is 5.75 Å². The molecular weight excluding hydrogens is 507 g/mol. The van der Waals surface area contributed by atoms with Crippen LogP contribution in [0.15, 0.2) is 29.1 Å². The Morgan fingerprint density at radius 2 is 1.95 bits per heavy atom. The molecule has 2 aliphatic heterocycles. The van der Waals surface area contributed by atoms with Crippen molar-refractivity contribution in [3.63, 3.8) is 0 Å².